The number of rotatable bonds is 6. The Labute approximate surface area is 89.8 Å². The highest BCUT2D eigenvalue weighted by atomic mass is 32.2. The predicted molar refractivity (Wildman–Crippen MR) is 58.1 cm³/mol. The van der Waals surface area contributed by atoms with Gasteiger partial charge in [0, 0.05) is 17.7 Å². The van der Waals surface area contributed by atoms with Crippen molar-refractivity contribution in [2.45, 2.75) is 26.4 Å². The van der Waals surface area contributed by atoms with E-state index in [1.165, 1.54) is 0 Å². The molecular weight excluding hydrogens is 218 g/mol. The van der Waals surface area contributed by atoms with Crippen LogP contribution in [0.15, 0.2) is 5.11 Å². The van der Waals surface area contributed by atoms with E-state index in [-0.39, 0.29) is 12.3 Å². The lowest BCUT2D eigenvalue weighted by atomic mass is 9.84. The van der Waals surface area contributed by atoms with Crippen LogP contribution in [0.5, 0.6) is 0 Å². The largest absolute Gasteiger partial charge is 0.392 e. The van der Waals surface area contributed by atoms with Gasteiger partial charge in [0.15, 0.2) is 0 Å². The fraction of sp³-hybridized carbons (Fsp3) is 1.00. The van der Waals surface area contributed by atoms with Crippen molar-refractivity contribution in [3.63, 3.8) is 0 Å². The summed E-state index contributed by atoms with van der Waals surface area (Å²) in [5.74, 6) is -0.268. The van der Waals surface area contributed by atoms with Crippen molar-refractivity contribution >= 4 is 9.84 Å². The molecule has 0 aromatic rings. The fourth-order valence-electron chi connectivity index (χ4n) is 1.06. The minimum atomic E-state index is -3.19. The van der Waals surface area contributed by atoms with E-state index < -0.39 is 21.4 Å². The topological polar surface area (TPSA) is 103 Å². The lowest BCUT2D eigenvalue weighted by molar-refractivity contribution is 0.0642. The number of azide groups is 1. The predicted octanol–water partition coefficient (Wildman–Crippen LogP) is 1.12. The quantitative estimate of drug-likeness (QED) is 0.423. The Morgan fingerprint density at radius 1 is 1.53 bits per heavy atom. The van der Waals surface area contributed by atoms with Crippen LogP contribution in [0.4, 0.5) is 0 Å². The summed E-state index contributed by atoms with van der Waals surface area (Å²) in [5, 5.41) is 13.1. The van der Waals surface area contributed by atoms with Crippen LogP contribution >= 0.6 is 0 Å². The van der Waals surface area contributed by atoms with Crippen molar-refractivity contribution in [3.05, 3.63) is 10.4 Å². The molecule has 0 aromatic heterocycles. The molecule has 0 aliphatic heterocycles. The zero-order valence-electron chi connectivity index (χ0n) is 9.21. The van der Waals surface area contributed by atoms with E-state index in [1.54, 1.807) is 13.8 Å². The molecule has 0 rings (SSSR count). The molecule has 1 N–H and O–H groups in total. The molecular formula is C8H17N3O3S. The smallest absolute Gasteiger partial charge is 0.150 e. The summed E-state index contributed by atoms with van der Waals surface area (Å²) in [5.41, 5.74) is 7.52. The van der Waals surface area contributed by atoms with Crippen molar-refractivity contribution in [2.24, 2.45) is 10.5 Å². The molecule has 0 aliphatic carbocycles. The van der Waals surface area contributed by atoms with E-state index in [1.807, 2.05) is 0 Å². The zero-order valence-corrected chi connectivity index (χ0v) is 10.0. The van der Waals surface area contributed by atoms with Gasteiger partial charge >= 0.3 is 0 Å². The summed E-state index contributed by atoms with van der Waals surface area (Å²) in [6.45, 7) is 3.75. The molecule has 0 amide bonds. The first-order valence-electron chi connectivity index (χ1n) is 4.56. The summed E-state index contributed by atoms with van der Waals surface area (Å²) in [7, 11) is -3.19. The summed E-state index contributed by atoms with van der Waals surface area (Å²) < 4.78 is 22.0. The molecule has 7 heteroatoms. The molecule has 15 heavy (non-hydrogen) atoms. The van der Waals surface area contributed by atoms with Gasteiger partial charge in [0.05, 0.1) is 11.9 Å². The fourth-order valence-corrected chi connectivity index (χ4v) is 2.09. The summed E-state index contributed by atoms with van der Waals surface area (Å²) >= 11 is 0. The van der Waals surface area contributed by atoms with Gasteiger partial charge in [-0.05, 0) is 17.4 Å². The number of hydrogen-bond donors (Lipinski definition) is 1. The first kappa shape index (κ1) is 14.2. The van der Waals surface area contributed by atoms with Crippen molar-refractivity contribution in [2.75, 3.05) is 18.6 Å². The Balaban J connectivity index is 4.37. The Morgan fingerprint density at radius 3 is 2.47 bits per heavy atom. The minimum absolute atomic E-state index is 0.254. The van der Waals surface area contributed by atoms with Crippen LogP contribution in [0.3, 0.4) is 0 Å². The van der Waals surface area contributed by atoms with Crippen LogP contribution in [0.25, 0.3) is 10.4 Å². The van der Waals surface area contributed by atoms with Gasteiger partial charge in [-0.2, -0.15) is 0 Å². The molecule has 0 aliphatic rings. The standard InChI is InChI=1S/C8H17N3O3S/c1-8(2,4-5-10-11-9)7(12)6-15(3,13)14/h7,12H,4-6H2,1-3H3. The maximum atomic E-state index is 11.0. The van der Waals surface area contributed by atoms with Gasteiger partial charge in [0.25, 0.3) is 0 Å². The van der Waals surface area contributed by atoms with Crippen molar-refractivity contribution < 1.29 is 13.5 Å². The second kappa shape index (κ2) is 5.34. The van der Waals surface area contributed by atoms with Gasteiger partial charge in [0.1, 0.15) is 9.84 Å². The number of aliphatic hydroxyl groups excluding tert-OH is 1. The molecule has 0 radical (unpaired) electrons. The molecule has 1 unspecified atom stereocenters. The molecule has 88 valence electrons. The lowest BCUT2D eigenvalue weighted by Crippen LogP contribution is -2.35. The van der Waals surface area contributed by atoms with E-state index in [9.17, 15) is 13.5 Å². The zero-order chi connectivity index (χ0) is 12.1. The van der Waals surface area contributed by atoms with Gasteiger partial charge in [-0.1, -0.05) is 19.0 Å². The number of aliphatic hydroxyl groups is 1. The van der Waals surface area contributed by atoms with Crippen LogP contribution in [0, 0.1) is 5.41 Å². The highest BCUT2D eigenvalue weighted by molar-refractivity contribution is 7.90. The Kier molecular flexibility index (Phi) is 5.07. The van der Waals surface area contributed by atoms with E-state index in [0.717, 1.165) is 6.26 Å². The van der Waals surface area contributed by atoms with Gasteiger partial charge in [-0.25, -0.2) is 8.42 Å². The van der Waals surface area contributed by atoms with Crippen LogP contribution < -0.4 is 0 Å². The van der Waals surface area contributed by atoms with Crippen molar-refractivity contribution in [1.29, 1.82) is 0 Å². The molecule has 1 atom stereocenters. The third kappa shape index (κ3) is 6.33. The van der Waals surface area contributed by atoms with E-state index in [4.69, 9.17) is 5.53 Å². The molecule has 0 saturated carbocycles. The molecule has 0 fully saturated rings. The third-order valence-electron chi connectivity index (χ3n) is 2.28. The minimum Gasteiger partial charge on any atom is -0.392 e. The maximum absolute atomic E-state index is 11.0. The Morgan fingerprint density at radius 2 is 2.07 bits per heavy atom. The highest BCUT2D eigenvalue weighted by Crippen LogP contribution is 2.26. The SMILES string of the molecule is CC(C)(CCN=[N+]=[N-])C(O)CS(C)(=O)=O. The molecule has 6 nitrogen and oxygen atoms in total. The Hall–Kier alpha value is -0.780. The van der Waals surface area contributed by atoms with Gasteiger partial charge in [0.2, 0.25) is 0 Å². The van der Waals surface area contributed by atoms with Crippen molar-refractivity contribution in [1.82, 2.24) is 0 Å². The van der Waals surface area contributed by atoms with E-state index in [0.29, 0.717) is 6.42 Å². The van der Waals surface area contributed by atoms with Crippen molar-refractivity contribution in [3.8, 4) is 0 Å². The molecule has 0 aromatic carbocycles. The maximum Gasteiger partial charge on any atom is 0.150 e. The van der Waals surface area contributed by atoms with E-state index >= 15 is 0 Å². The second-order valence-corrected chi connectivity index (χ2v) is 6.49. The summed E-state index contributed by atoms with van der Waals surface area (Å²) in [6.07, 6.45) is 0.592. The molecule has 0 heterocycles. The van der Waals surface area contributed by atoms with Gasteiger partial charge in [-0.15, -0.1) is 0 Å². The van der Waals surface area contributed by atoms with Crippen LogP contribution in [0.1, 0.15) is 20.3 Å². The highest BCUT2D eigenvalue weighted by Gasteiger charge is 2.29. The number of nitrogens with zero attached hydrogens (tertiary/aromatic N) is 3. The molecule has 0 saturated heterocycles. The monoisotopic (exact) mass is 235 g/mol. The first-order valence-corrected chi connectivity index (χ1v) is 6.62. The molecule has 0 spiro atoms. The Bertz CT molecular complexity index is 344. The third-order valence-corrected chi connectivity index (χ3v) is 3.20. The number of hydrogen-bond acceptors (Lipinski definition) is 4. The van der Waals surface area contributed by atoms with E-state index in [2.05, 4.69) is 10.0 Å². The average molecular weight is 235 g/mol. The number of sulfone groups is 1. The normalized spacial score (nSPS) is 14.4. The first-order chi connectivity index (χ1) is 6.69. The van der Waals surface area contributed by atoms with Crippen LogP contribution in [0.2, 0.25) is 0 Å². The van der Waals surface area contributed by atoms with Gasteiger partial charge < -0.3 is 5.11 Å². The molecule has 0 bridgehead atoms. The van der Waals surface area contributed by atoms with Crippen LogP contribution in [-0.2, 0) is 9.84 Å². The lowest BCUT2D eigenvalue weighted by Gasteiger charge is -2.29. The van der Waals surface area contributed by atoms with Gasteiger partial charge in [-0.3, -0.25) is 0 Å². The second-order valence-electron chi connectivity index (χ2n) is 4.30. The average Bonchev–Trinajstić information content (AvgIpc) is 2.01. The summed E-state index contributed by atoms with van der Waals surface area (Å²) in [6, 6.07) is 0. The summed E-state index contributed by atoms with van der Waals surface area (Å²) in [4.78, 5) is 2.60. The van der Waals surface area contributed by atoms with Crippen LogP contribution in [-0.4, -0.2) is 38.2 Å².